The van der Waals surface area contributed by atoms with Gasteiger partial charge in [-0.1, -0.05) is 49.4 Å². The summed E-state index contributed by atoms with van der Waals surface area (Å²) in [6.07, 6.45) is -1.61. The van der Waals surface area contributed by atoms with Crippen LogP contribution >= 0.6 is 11.3 Å². The Morgan fingerprint density at radius 3 is 2.49 bits per heavy atom. The normalized spacial score (nSPS) is 12.4. The third-order valence-electron chi connectivity index (χ3n) is 6.26. The summed E-state index contributed by atoms with van der Waals surface area (Å²) in [6, 6.07) is 18.5. The predicted octanol–water partition coefficient (Wildman–Crippen LogP) is 7.13. The van der Waals surface area contributed by atoms with Gasteiger partial charge in [0.1, 0.15) is 17.9 Å². The van der Waals surface area contributed by atoms with E-state index >= 15 is 0 Å². The van der Waals surface area contributed by atoms with Gasteiger partial charge in [-0.05, 0) is 49.2 Å². The number of halogens is 4. The third kappa shape index (κ3) is 7.07. The van der Waals surface area contributed by atoms with Crippen LogP contribution in [0, 0.1) is 6.92 Å². The van der Waals surface area contributed by atoms with Crippen LogP contribution in [0.3, 0.4) is 0 Å². The number of ether oxygens (including phenoxy) is 1. The van der Waals surface area contributed by atoms with Gasteiger partial charge >= 0.3 is 12.4 Å². The van der Waals surface area contributed by atoms with Crippen LogP contribution in [-0.4, -0.2) is 31.7 Å². The second kappa shape index (κ2) is 12.4. The molecule has 2 amide bonds. The van der Waals surface area contributed by atoms with E-state index in [1.54, 1.807) is 12.1 Å². The fourth-order valence-corrected chi connectivity index (χ4v) is 5.08. The van der Waals surface area contributed by atoms with Crippen molar-refractivity contribution >= 4 is 23.2 Å². The molecule has 13 heteroatoms. The maximum absolute atomic E-state index is 14.9. The van der Waals surface area contributed by atoms with Crippen LogP contribution in [0.1, 0.15) is 23.7 Å². The second-order valence-electron chi connectivity index (χ2n) is 9.16. The molecule has 0 bridgehead atoms. The first-order valence-corrected chi connectivity index (χ1v) is 13.8. The number of para-hydroxylation sites is 1. The van der Waals surface area contributed by atoms with Gasteiger partial charge in [0.2, 0.25) is 0 Å². The van der Waals surface area contributed by atoms with E-state index in [0.29, 0.717) is 21.9 Å². The number of nitrogens with one attached hydrogen (secondary N) is 1. The number of carbonyl (C=O) groups excluding carboxylic acids is 1. The van der Waals surface area contributed by atoms with E-state index < -0.39 is 18.2 Å². The first-order valence-electron chi connectivity index (χ1n) is 13.0. The highest BCUT2D eigenvalue weighted by molar-refractivity contribution is 7.07. The molecular formula is C30H24F4N6O2S. The Morgan fingerprint density at radius 2 is 1.79 bits per heavy atom. The molecule has 2 heterocycles. The van der Waals surface area contributed by atoms with Gasteiger partial charge in [0.05, 0.1) is 11.4 Å². The number of aromatic nitrogens is 4. The van der Waals surface area contributed by atoms with Gasteiger partial charge in [0, 0.05) is 28.4 Å². The Kier molecular flexibility index (Phi) is 8.53. The van der Waals surface area contributed by atoms with E-state index in [-0.39, 0.29) is 11.3 Å². The van der Waals surface area contributed by atoms with Gasteiger partial charge in [-0.15, -0.1) is 29.6 Å². The predicted molar refractivity (Wildman–Crippen MR) is 154 cm³/mol. The second-order valence-corrected chi connectivity index (χ2v) is 10.00. The third-order valence-corrected chi connectivity index (χ3v) is 7.20. The van der Waals surface area contributed by atoms with Crippen molar-refractivity contribution < 1.29 is 27.1 Å². The Balaban J connectivity index is 1.26. The molecule has 0 saturated carbocycles. The van der Waals surface area contributed by atoms with Gasteiger partial charge in [-0.25, -0.2) is 18.9 Å². The zero-order valence-electron chi connectivity index (χ0n) is 22.8. The maximum atomic E-state index is 14.9. The number of nitrogens with zero attached hydrogens (tertiary/aromatic N) is 5. The standard InChI is InChI=1S/C30H24F4N6O2S/c1-3-20-6-4-5-7-26(20)40-19(2)17-43-29(40)37-28(41)35-16-25(31)21-8-10-22(11-9-21)27-36-18-39(38-27)23-12-14-24(15-13-23)42-30(32,33)34/h4-18H,3H2,1-2H3,(H,35,41)/b25-16-,37-29?. The van der Waals surface area contributed by atoms with Gasteiger partial charge in [-0.3, -0.25) is 4.57 Å². The number of alkyl halides is 3. The van der Waals surface area contributed by atoms with Gasteiger partial charge < -0.3 is 10.1 Å². The van der Waals surface area contributed by atoms with Crippen molar-refractivity contribution in [3.63, 3.8) is 0 Å². The molecule has 1 N–H and O–H groups in total. The number of carbonyl (C=O) groups is 1. The highest BCUT2D eigenvalue weighted by Crippen LogP contribution is 2.25. The Labute approximate surface area is 247 Å². The Bertz CT molecular complexity index is 1840. The zero-order chi connectivity index (χ0) is 30.6. The summed E-state index contributed by atoms with van der Waals surface area (Å²) in [5.74, 6) is -0.709. The number of hydrogen-bond acceptors (Lipinski definition) is 5. The SMILES string of the molecule is CCc1ccccc1-n1c(C)csc1=NC(=O)N/C=C(\F)c1ccc(-c2ncn(-c3ccc(OC(F)(F)F)cc3)n2)cc1. The van der Waals surface area contributed by atoms with E-state index in [0.717, 1.165) is 29.6 Å². The minimum atomic E-state index is -4.78. The molecular weight excluding hydrogens is 584 g/mol. The molecule has 0 aliphatic rings. The molecule has 3 aromatic carbocycles. The highest BCUT2D eigenvalue weighted by atomic mass is 32.1. The van der Waals surface area contributed by atoms with E-state index in [4.69, 9.17) is 0 Å². The first kappa shape index (κ1) is 29.5. The number of amides is 2. The van der Waals surface area contributed by atoms with Crippen molar-refractivity contribution in [2.75, 3.05) is 0 Å². The van der Waals surface area contributed by atoms with Crippen LogP contribution in [-0.2, 0) is 6.42 Å². The van der Waals surface area contributed by atoms with Crippen molar-refractivity contribution in [1.82, 2.24) is 24.6 Å². The average molecular weight is 609 g/mol. The average Bonchev–Trinajstić information content (AvgIpc) is 3.62. The minimum absolute atomic E-state index is 0.211. The summed E-state index contributed by atoms with van der Waals surface area (Å²) in [5, 5.41) is 8.62. The van der Waals surface area contributed by atoms with E-state index in [1.165, 1.54) is 58.7 Å². The lowest BCUT2D eigenvalue weighted by Crippen LogP contribution is -2.21. The molecule has 0 radical (unpaired) electrons. The van der Waals surface area contributed by atoms with Crippen molar-refractivity contribution in [3.8, 4) is 28.5 Å². The number of benzene rings is 3. The monoisotopic (exact) mass is 608 g/mol. The fraction of sp³-hybridized carbons (Fsp3) is 0.133. The minimum Gasteiger partial charge on any atom is -0.406 e. The van der Waals surface area contributed by atoms with E-state index in [2.05, 4.69) is 32.1 Å². The lowest BCUT2D eigenvalue weighted by Gasteiger charge is -2.10. The maximum Gasteiger partial charge on any atom is 0.573 e. The largest absolute Gasteiger partial charge is 0.573 e. The smallest absolute Gasteiger partial charge is 0.406 e. The summed E-state index contributed by atoms with van der Waals surface area (Å²) in [5.41, 5.74) is 4.23. The number of thiazole rings is 1. The van der Waals surface area contributed by atoms with Gasteiger partial charge in [0.25, 0.3) is 0 Å². The number of hydrogen-bond donors (Lipinski definition) is 1. The van der Waals surface area contributed by atoms with Crippen LogP contribution < -0.4 is 14.9 Å². The van der Waals surface area contributed by atoms with Gasteiger partial charge in [0.15, 0.2) is 10.6 Å². The van der Waals surface area contributed by atoms with Crippen molar-refractivity contribution in [2.24, 2.45) is 4.99 Å². The summed E-state index contributed by atoms with van der Waals surface area (Å²) in [6.45, 7) is 3.98. The molecule has 0 unspecified atom stereocenters. The van der Waals surface area contributed by atoms with Crippen molar-refractivity contribution in [3.05, 3.63) is 112 Å². The van der Waals surface area contributed by atoms with Crippen molar-refractivity contribution in [2.45, 2.75) is 26.6 Å². The number of urea groups is 1. The lowest BCUT2D eigenvalue weighted by atomic mass is 10.1. The molecule has 5 rings (SSSR count). The first-order chi connectivity index (χ1) is 20.6. The molecule has 0 fully saturated rings. The molecule has 0 aliphatic heterocycles. The van der Waals surface area contributed by atoms with E-state index in [9.17, 15) is 22.4 Å². The highest BCUT2D eigenvalue weighted by Gasteiger charge is 2.31. The van der Waals surface area contributed by atoms with Gasteiger partial charge in [-0.2, -0.15) is 4.99 Å². The molecule has 43 heavy (non-hydrogen) atoms. The van der Waals surface area contributed by atoms with Crippen LogP contribution in [0.5, 0.6) is 5.75 Å². The Hall–Kier alpha value is -5.04. The van der Waals surface area contributed by atoms with Crippen LogP contribution in [0.15, 0.2) is 95.7 Å². The van der Waals surface area contributed by atoms with Crippen LogP contribution in [0.2, 0.25) is 0 Å². The fourth-order valence-electron chi connectivity index (χ4n) is 4.22. The zero-order valence-corrected chi connectivity index (χ0v) is 23.7. The summed E-state index contributed by atoms with van der Waals surface area (Å²) in [4.78, 5) is 21.4. The van der Waals surface area contributed by atoms with Crippen LogP contribution in [0.4, 0.5) is 22.4 Å². The molecule has 8 nitrogen and oxygen atoms in total. The molecule has 0 saturated heterocycles. The summed E-state index contributed by atoms with van der Waals surface area (Å²) in [7, 11) is 0. The van der Waals surface area contributed by atoms with E-state index in [1.807, 2.05) is 41.1 Å². The number of rotatable bonds is 7. The molecule has 0 aliphatic carbocycles. The molecule has 0 spiro atoms. The molecule has 220 valence electrons. The molecule has 5 aromatic rings. The Morgan fingerprint density at radius 1 is 1.07 bits per heavy atom. The quantitative estimate of drug-likeness (QED) is 0.199. The van der Waals surface area contributed by atoms with Crippen molar-refractivity contribution in [1.29, 1.82) is 0 Å². The summed E-state index contributed by atoms with van der Waals surface area (Å²) < 4.78 is 59.2. The topological polar surface area (TPSA) is 86.3 Å². The molecule has 2 aromatic heterocycles. The summed E-state index contributed by atoms with van der Waals surface area (Å²) >= 11 is 1.31. The van der Waals surface area contributed by atoms with Crippen LogP contribution in [0.25, 0.3) is 28.6 Å². The lowest BCUT2D eigenvalue weighted by molar-refractivity contribution is -0.274. The molecule has 0 atom stereocenters. The number of aryl methyl sites for hydroxylation is 2.